The van der Waals surface area contributed by atoms with E-state index >= 15 is 0 Å². The Morgan fingerprint density at radius 2 is 2.23 bits per heavy atom. The van der Waals surface area contributed by atoms with Crippen molar-refractivity contribution >= 4 is 5.97 Å². The molecule has 1 aliphatic rings. The Bertz CT molecular complexity index is 260. The molecule has 1 rings (SSSR count). The standard InChI is InChI=1S/C9H14N2O2/c10-7-3-1-2-5-9(7,11)6-4-8(12)13/h1-3,5,7H,4,6,10-11H2,(H,12,13). The first-order valence-corrected chi connectivity index (χ1v) is 4.17. The van der Waals surface area contributed by atoms with Crippen LogP contribution in [0.25, 0.3) is 0 Å². The Hall–Kier alpha value is -1.13. The van der Waals surface area contributed by atoms with Crippen LogP contribution in [0.15, 0.2) is 24.3 Å². The van der Waals surface area contributed by atoms with Gasteiger partial charge in [-0.2, -0.15) is 0 Å². The molecule has 4 heteroatoms. The van der Waals surface area contributed by atoms with Crippen LogP contribution in [0.3, 0.4) is 0 Å². The van der Waals surface area contributed by atoms with Gasteiger partial charge in [0.1, 0.15) is 0 Å². The number of allylic oxidation sites excluding steroid dienone is 2. The summed E-state index contributed by atoms with van der Waals surface area (Å²) in [4.78, 5) is 10.4. The zero-order chi connectivity index (χ0) is 9.90. The van der Waals surface area contributed by atoms with E-state index in [0.717, 1.165) is 0 Å². The maximum Gasteiger partial charge on any atom is 0.303 e. The quantitative estimate of drug-likeness (QED) is 0.573. The van der Waals surface area contributed by atoms with Gasteiger partial charge in [-0.1, -0.05) is 24.3 Å². The number of hydrogen-bond donors (Lipinski definition) is 3. The molecule has 0 spiro atoms. The van der Waals surface area contributed by atoms with Crippen LogP contribution in [0.1, 0.15) is 12.8 Å². The van der Waals surface area contributed by atoms with Crippen molar-refractivity contribution in [3.8, 4) is 0 Å². The van der Waals surface area contributed by atoms with E-state index in [1.807, 2.05) is 6.08 Å². The van der Waals surface area contributed by atoms with E-state index in [1.165, 1.54) is 0 Å². The fraction of sp³-hybridized carbons (Fsp3) is 0.444. The van der Waals surface area contributed by atoms with Gasteiger partial charge in [-0.05, 0) is 6.42 Å². The van der Waals surface area contributed by atoms with E-state index in [2.05, 4.69) is 0 Å². The molecule has 72 valence electrons. The molecule has 0 aromatic rings. The van der Waals surface area contributed by atoms with E-state index in [1.54, 1.807) is 18.2 Å². The van der Waals surface area contributed by atoms with Gasteiger partial charge in [0.05, 0.1) is 5.54 Å². The van der Waals surface area contributed by atoms with Crippen molar-refractivity contribution in [1.29, 1.82) is 0 Å². The van der Waals surface area contributed by atoms with E-state index in [-0.39, 0.29) is 12.5 Å². The maximum absolute atomic E-state index is 10.4. The number of aliphatic carboxylic acids is 1. The fourth-order valence-corrected chi connectivity index (χ4v) is 1.28. The summed E-state index contributed by atoms with van der Waals surface area (Å²) >= 11 is 0. The zero-order valence-electron chi connectivity index (χ0n) is 7.31. The molecule has 0 heterocycles. The highest BCUT2D eigenvalue weighted by molar-refractivity contribution is 5.67. The van der Waals surface area contributed by atoms with Crippen LogP contribution in [-0.4, -0.2) is 22.7 Å². The minimum Gasteiger partial charge on any atom is -0.481 e. The minimum atomic E-state index is -0.847. The third kappa shape index (κ3) is 2.40. The predicted molar refractivity (Wildman–Crippen MR) is 50.0 cm³/mol. The third-order valence-corrected chi connectivity index (χ3v) is 2.23. The van der Waals surface area contributed by atoms with Gasteiger partial charge in [0.15, 0.2) is 0 Å². The number of rotatable bonds is 3. The predicted octanol–water partition coefficient (Wildman–Crippen LogP) is 0.00200. The van der Waals surface area contributed by atoms with E-state index in [0.29, 0.717) is 6.42 Å². The molecule has 0 aromatic carbocycles. The topological polar surface area (TPSA) is 89.3 Å². The van der Waals surface area contributed by atoms with Gasteiger partial charge in [-0.25, -0.2) is 0 Å². The molecule has 0 amide bonds. The molecular formula is C9H14N2O2. The van der Waals surface area contributed by atoms with Crippen LogP contribution < -0.4 is 11.5 Å². The first-order valence-electron chi connectivity index (χ1n) is 4.17. The van der Waals surface area contributed by atoms with Gasteiger partial charge < -0.3 is 16.6 Å². The monoisotopic (exact) mass is 182 g/mol. The number of nitrogens with two attached hydrogens (primary N) is 2. The lowest BCUT2D eigenvalue weighted by molar-refractivity contribution is -0.137. The number of hydrogen-bond acceptors (Lipinski definition) is 3. The molecule has 2 atom stereocenters. The highest BCUT2D eigenvalue weighted by Crippen LogP contribution is 2.19. The number of carboxylic acid groups (broad SMARTS) is 1. The molecule has 2 unspecified atom stereocenters. The van der Waals surface area contributed by atoms with Gasteiger partial charge in [0, 0.05) is 12.5 Å². The van der Waals surface area contributed by atoms with Gasteiger partial charge in [0.2, 0.25) is 0 Å². The second-order valence-corrected chi connectivity index (χ2v) is 3.28. The fourth-order valence-electron chi connectivity index (χ4n) is 1.28. The average Bonchev–Trinajstić information content (AvgIpc) is 2.07. The molecule has 13 heavy (non-hydrogen) atoms. The third-order valence-electron chi connectivity index (χ3n) is 2.23. The summed E-state index contributed by atoms with van der Waals surface area (Å²) in [6.07, 6.45) is 7.57. The van der Waals surface area contributed by atoms with E-state index in [4.69, 9.17) is 16.6 Å². The molecular weight excluding hydrogens is 168 g/mol. The molecule has 0 aromatic heterocycles. The zero-order valence-corrected chi connectivity index (χ0v) is 7.31. The summed E-state index contributed by atoms with van der Waals surface area (Å²) in [6.45, 7) is 0. The molecule has 0 bridgehead atoms. The maximum atomic E-state index is 10.4. The van der Waals surface area contributed by atoms with E-state index in [9.17, 15) is 4.79 Å². The molecule has 1 aliphatic carbocycles. The SMILES string of the molecule is NC1C=CC=CC1(N)CCC(=O)O. The number of carboxylic acids is 1. The van der Waals surface area contributed by atoms with Crippen LogP contribution in [0, 0.1) is 0 Å². The Morgan fingerprint density at radius 3 is 2.77 bits per heavy atom. The first-order chi connectivity index (χ1) is 6.04. The molecule has 5 N–H and O–H groups in total. The van der Waals surface area contributed by atoms with Crippen molar-refractivity contribution < 1.29 is 9.90 Å². The summed E-state index contributed by atoms with van der Waals surface area (Å²) < 4.78 is 0. The summed E-state index contributed by atoms with van der Waals surface area (Å²) in [5, 5.41) is 8.51. The second kappa shape index (κ2) is 3.72. The van der Waals surface area contributed by atoms with Crippen LogP contribution in [0.2, 0.25) is 0 Å². The van der Waals surface area contributed by atoms with Crippen molar-refractivity contribution in [3.63, 3.8) is 0 Å². The lowest BCUT2D eigenvalue weighted by atomic mass is 9.84. The highest BCUT2D eigenvalue weighted by atomic mass is 16.4. The Kier molecular flexibility index (Phi) is 2.85. The van der Waals surface area contributed by atoms with Crippen LogP contribution >= 0.6 is 0 Å². The van der Waals surface area contributed by atoms with Crippen molar-refractivity contribution in [2.45, 2.75) is 24.4 Å². The Balaban J connectivity index is 2.59. The van der Waals surface area contributed by atoms with Crippen molar-refractivity contribution in [1.82, 2.24) is 0 Å². The average molecular weight is 182 g/mol. The molecule has 0 saturated heterocycles. The lowest BCUT2D eigenvalue weighted by Crippen LogP contribution is -2.53. The van der Waals surface area contributed by atoms with Gasteiger partial charge in [-0.3, -0.25) is 4.79 Å². The van der Waals surface area contributed by atoms with E-state index < -0.39 is 11.5 Å². The molecule has 0 radical (unpaired) electrons. The largest absolute Gasteiger partial charge is 0.481 e. The molecule has 0 aliphatic heterocycles. The van der Waals surface area contributed by atoms with Gasteiger partial charge >= 0.3 is 5.97 Å². The summed E-state index contributed by atoms with van der Waals surface area (Å²) in [7, 11) is 0. The van der Waals surface area contributed by atoms with Gasteiger partial charge in [0.25, 0.3) is 0 Å². The lowest BCUT2D eigenvalue weighted by Gasteiger charge is -2.31. The van der Waals surface area contributed by atoms with Crippen molar-refractivity contribution in [2.24, 2.45) is 11.5 Å². The Morgan fingerprint density at radius 1 is 1.54 bits per heavy atom. The first kappa shape index (κ1) is 9.95. The summed E-state index contributed by atoms with van der Waals surface area (Å²) in [6, 6.07) is -0.295. The van der Waals surface area contributed by atoms with Crippen molar-refractivity contribution in [3.05, 3.63) is 24.3 Å². The second-order valence-electron chi connectivity index (χ2n) is 3.28. The normalized spacial score (nSPS) is 32.0. The molecule has 0 saturated carbocycles. The summed E-state index contributed by atoms with van der Waals surface area (Å²) in [5.41, 5.74) is 11.0. The van der Waals surface area contributed by atoms with Crippen LogP contribution in [-0.2, 0) is 4.79 Å². The number of carbonyl (C=O) groups is 1. The minimum absolute atomic E-state index is 0.0440. The smallest absolute Gasteiger partial charge is 0.303 e. The van der Waals surface area contributed by atoms with Crippen molar-refractivity contribution in [2.75, 3.05) is 0 Å². The summed E-state index contributed by atoms with van der Waals surface area (Å²) in [5.74, 6) is -0.847. The highest BCUT2D eigenvalue weighted by Gasteiger charge is 2.29. The molecule has 0 fully saturated rings. The van der Waals surface area contributed by atoms with Crippen LogP contribution in [0.5, 0.6) is 0 Å². The van der Waals surface area contributed by atoms with Crippen LogP contribution in [0.4, 0.5) is 0 Å². The van der Waals surface area contributed by atoms with Gasteiger partial charge in [-0.15, -0.1) is 0 Å². The molecule has 4 nitrogen and oxygen atoms in total. The Labute approximate surface area is 76.9 Å².